The summed E-state index contributed by atoms with van der Waals surface area (Å²) in [4.78, 5) is 29.8. The number of nitrogens with one attached hydrogen (secondary N) is 1. The Hall–Kier alpha value is -2.64. The minimum atomic E-state index is -1.09. The molecule has 5 rings (SSSR count). The Labute approximate surface area is 193 Å². The zero-order chi connectivity index (χ0) is 23.5. The lowest BCUT2D eigenvalue weighted by atomic mass is 9.53. The van der Waals surface area contributed by atoms with Gasteiger partial charge in [0.05, 0.1) is 12.7 Å². The maximum Gasteiger partial charge on any atom is 0.261 e. The first-order valence-corrected chi connectivity index (χ1v) is 11.8. The minimum absolute atomic E-state index is 0.0549. The molecule has 3 atom stereocenters. The van der Waals surface area contributed by atoms with Crippen LogP contribution in [0.15, 0.2) is 29.1 Å². The van der Waals surface area contributed by atoms with Gasteiger partial charge in [-0.15, -0.1) is 0 Å². The number of aromatic nitrogens is 1. The lowest BCUT2D eigenvalue weighted by molar-refractivity contribution is -0.139. The molecule has 3 aliphatic rings. The van der Waals surface area contributed by atoms with Gasteiger partial charge in [-0.05, 0) is 80.5 Å². The summed E-state index contributed by atoms with van der Waals surface area (Å²) in [6.45, 7) is 6.08. The number of aryl methyl sites for hydroxylation is 1. The maximum absolute atomic E-state index is 12.6. The number of nitrogens with two attached hydrogens (primary N) is 1. The second-order valence-corrected chi connectivity index (χ2v) is 10.3. The number of pyridine rings is 1. The summed E-state index contributed by atoms with van der Waals surface area (Å²) in [5, 5.41) is 12.6. The number of nitrogens with zero attached hydrogens (tertiary/aromatic N) is 1. The average Bonchev–Trinajstić information content (AvgIpc) is 3.60. The molecule has 7 nitrogen and oxygen atoms in total. The average molecular weight is 452 g/mol. The number of methoxy groups -OCH3 is 1. The summed E-state index contributed by atoms with van der Waals surface area (Å²) < 4.78 is 5.55. The van der Waals surface area contributed by atoms with Crippen molar-refractivity contribution >= 4 is 5.91 Å². The summed E-state index contributed by atoms with van der Waals surface area (Å²) in [7, 11) is 1.65. The van der Waals surface area contributed by atoms with Crippen molar-refractivity contribution in [3.05, 3.63) is 62.6 Å². The smallest absolute Gasteiger partial charge is 0.261 e. The quantitative estimate of drug-likeness (QED) is 0.645. The summed E-state index contributed by atoms with van der Waals surface area (Å²) in [5.41, 5.74) is 6.98. The van der Waals surface area contributed by atoms with E-state index in [9.17, 15) is 14.7 Å². The molecule has 2 aliphatic carbocycles. The summed E-state index contributed by atoms with van der Waals surface area (Å²) >= 11 is 0. The molecule has 176 valence electrons. The van der Waals surface area contributed by atoms with Crippen LogP contribution in [-0.4, -0.2) is 52.7 Å². The predicted molar refractivity (Wildman–Crippen MR) is 126 cm³/mol. The van der Waals surface area contributed by atoms with Crippen LogP contribution in [0.3, 0.4) is 0 Å². The number of rotatable bonds is 5. The van der Waals surface area contributed by atoms with Crippen molar-refractivity contribution in [2.75, 3.05) is 20.2 Å². The Morgan fingerprint density at radius 2 is 2.06 bits per heavy atom. The number of aromatic amines is 1. The number of aliphatic hydroxyl groups is 1. The van der Waals surface area contributed by atoms with Crippen LogP contribution in [0.2, 0.25) is 0 Å². The number of hydrogen-bond donors (Lipinski definition) is 3. The number of amides is 1. The van der Waals surface area contributed by atoms with Crippen LogP contribution in [-0.2, 0) is 18.3 Å². The molecule has 0 bridgehead atoms. The van der Waals surface area contributed by atoms with Gasteiger partial charge in [0.1, 0.15) is 11.3 Å². The Morgan fingerprint density at radius 1 is 1.30 bits per heavy atom. The fourth-order valence-electron chi connectivity index (χ4n) is 6.30. The normalized spacial score (nSPS) is 29.3. The zero-order valence-corrected chi connectivity index (χ0v) is 19.6. The highest BCUT2D eigenvalue weighted by Crippen LogP contribution is 2.54. The van der Waals surface area contributed by atoms with Crippen LogP contribution in [0.4, 0.5) is 0 Å². The van der Waals surface area contributed by atoms with Crippen LogP contribution in [0.5, 0.6) is 5.75 Å². The third-order valence-electron chi connectivity index (χ3n) is 8.46. The van der Waals surface area contributed by atoms with E-state index in [1.54, 1.807) is 13.2 Å². The fourth-order valence-corrected chi connectivity index (χ4v) is 6.30. The molecule has 1 aromatic carbocycles. The van der Waals surface area contributed by atoms with E-state index in [4.69, 9.17) is 10.5 Å². The molecular weight excluding hydrogens is 418 g/mol. The number of H-pyrrole nitrogens is 1. The van der Waals surface area contributed by atoms with E-state index >= 15 is 0 Å². The van der Waals surface area contributed by atoms with Gasteiger partial charge in [0.25, 0.3) is 11.5 Å². The van der Waals surface area contributed by atoms with Crippen LogP contribution < -0.4 is 16.0 Å². The van der Waals surface area contributed by atoms with Crippen LogP contribution >= 0.6 is 0 Å². The van der Waals surface area contributed by atoms with Crippen molar-refractivity contribution in [2.24, 2.45) is 11.7 Å². The fraction of sp³-hybridized carbons (Fsp3) is 0.538. The molecule has 1 aromatic heterocycles. The standard InChI is InChI=1S/C26H33N3O4/c1-15-4-7-19(33-3)11-21(15)25-8-9-29(14-17-5-6-17)16(2)26(25,32)12-18-10-20(23(27)30)24(31)28-22(18)13-25/h4,7,10-11,16-17,32H,5-6,8-9,12-14H2,1-3H3,(H2,27,30)(H,28,31). The maximum atomic E-state index is 12.6. The van der Waals surface area contributed by atoms with Gasteiger partial charge in [-0.25, -0.2) is 0 Å². The van der Waals surface area contributed by atoms with Gasteiger partial charge in [0.2, 0.25) is 0 Å². The number of hydrogen-bond acceptors (Lipinski definition) is 5. The van der Waals surface area contributed by atoms with E-state index in [0.29, 0.717) is 12.8 Å². The second-order valence-electron chi connectivity index (χ2n) is 10.3. The van der Waals surface area contributed by atoms with E-state index in [2.05, 4.69) is 23.7 Å². The molecule has 0 spiro atoms. The van der Waals surface area contributed by atoms with Gasteiger partial charge in [-0.1, -0.05) is 6.07 Å². The van der Waals surface area contributed by atoms with Gasteiger partial charge in [-0.3, -0.25) is 14.5 Å². The van der Waals surface area contributed by atoms with E-state index in [0.717, 1.165) is 53.6 Å². The molecule has 7 heteroatoms. The molecule has 0 radical (unpaired) electrons. The van der Waals surface area contributed by atoms with Gasteiger partial charge in [-0.2, -0.15) is 0 Å². The summed E-state index contributed by atoms with van der Waals surface area (Å²) in [5.74, 6) is 0.720. The van der Waals surface area contributed by atoms with Crippen molar-refractivity contribution in [2.45, 2.75) is 63.0 Å². The van der Waals surface area contributed by atoms with E-state index < -0.39 is 22.5 Å². The number of primary amides is 1. The highest BCUT2D eigenvalue weighted by atomic mass is 16.5. The van der Waals surface area contributed by atoms with E-state index in [1.165, 1.54) is 12.8 Å². The van der Waals surface area contributed by atoms with Crippen LogP contribution in [0, 0.1) is 12.8 Å². The molecule has 2 fully saturated rings. The van der Waals surface area contributed by atoms with E-state index in [1.807, 2.05) is 18.2 Å². The molecule has 2 aromatic rings. The third kappa shape index (κ3) is 3.40. The van der Waals surface area contributed by atoms with Crippen molar-refractivity contribution in [3.8, 4) is 5.75 Å². The highest BCUT2D eigenvalue weighted by molar-refractivity contribution is 5.92. The van der Waals surface area contributed by atoms with Gasteiger partial charge < -0.3 is 20.6 Å². The lowest BCUT2D eigenvalue weighted by Crippen LogP contribution is -2.71. The Balaban J connectivity index is 1.69. The van der Waals surface area contributed by atoms with Crippen LogP contribution in [0.1, 0.15) is 58.9 Å². The second kappa shape index (κ2) is 7.71. The Bertz CT molecular complexity index is 1170. The molecule has 1 aliphatic heterocycles. The number of carbonyl (C=O) groups excluding carboxylic acids is 1. The van der Waals surface area contributed by atoms with Crippen molar-refractivity contribution in [3.63, 3.8) is 0 Å². The van der Waals surface area contributed by atoms with Crippen molar-refractivity contribution < 1.29 is 14.6 Å². The molecule has 3 unspecified atom stereocenters. The molecule has 2 heterocycles. The molecule has 4 N–H and O–H groups in total. The lowest BCUT2D eigenvalue weighted by Gasteiger charge is -2.60. The Kier molecular flexibility index (Phi) is 5.18. The number of fused-ring (bicyclic) bond motifs is 2. The first-order chi connectivity index (χ1) is 15.7. The topological polar surface area (TPSA) is 109 Å². The number of carbonyl (C=O) groups is 1. The van der Waals surface area contributed by atoms with Gasteiger partial charge >= 0.3 is 0 Å². The van der Waals surface area contributed by atoms with E-state index in [-0.39, 0.29) is 11.6 Å². The van der Waals surface area contributed by atoms with Crippen molar-refractivity contribution in [1.82, 2.24) is 9.88 Å². The number of likely N-dealkylation sites (tertiary alicyclic amines) is 1. The Morgan fingerprint density at radius 3 is 2.73 bits per heavy atom. The summed E-state index contributed by atoms with van der Waals surface area (Å²) in [6.07, 6.45) is 4.12. The summed E-state index contributed by atoms with van der Waals surface area (Å²) in [6, 6.07) is 7.53. The first kappa shape index (κ1) is 22.2. The molecule has 33 heavy (non-hydrogen) atoms. The number of ether oxygens (including phenoxy) is 1. The number of piperidine rings is 1. The minimum Gasteiger partial charge on any atom is -0.497 e. The van der Waals surface area contributed by atoms with Gasteiger partial charge in [0.15, 0.2) is 0 Å². The zero-order valence-electron chi connectivity index (χ0n) is 19.6. The SMILES string of the molecule is COc1ccc(C)c(C23CCN(CC4CC4)C(C)C2(O)Cc2cc(C(N)=O)c(=O)[nH]c2C3)c1. The van der Waals surface area contributed by atoms with Crippen LogP contribution in [0.25, 0.3) is 0 Å². The molecule has 1 saturated carbocycles. The highest BCUT2D eigenvalue weighted by Gasteiger charge is 2.61. The predicted octanol–water partition coefficient (Wildman–Crippen LogP) is 2.06. The van der Waals surface area contributed by atoms with Crippen molar-refractivity contribution in [1.29, 1.82) is 0 Å². The van der Waals surface area contributed by atoms with Gasteiger partial charge in [0, 0.05) is 36.5 Å². The monoisotopic (exact) mass is 451 g/mol. The molecule has 1 saturated heterocycles. The largest absolute Gasteiger partial charge is 0.497 e. The number of benzene rings is 1. The third-order valence-corrected chi connectivity index (χ3v) is 8.46. The molecule has 1 amide bonds. The first-order valence-electron chi connectivity index (χ1n) is 11.8. The molecular formula is C26H33N3O4.